The van der Waals surface area contributed by atoms with Crippen LogP contribution in [0.4, 0.5) is 4.39 Å². The molecule has 2 rings (SSSR count). The van der Waals surface area contributed by atoms with Gasteiger partial charge in [-0.1, -0.05) is 18.2 Å². The summed E-state index contributed by atoms with van der Waals surface area (Å²) in [6, 6.07) is 11.3. The SMILES string of the molecule is CC(=O)c1ccc(F)c(-c2cccc(C(O)CCN)c2)c1. The Morgan fingerprint density at radius 2 is 2.05 bits per heavy atom. The molecular formula is C17H18FNO2. The van der Waals surface area contributed by atoms with Crippen molar-refractivity contribution in [2.75, 3.05) is 6.54 Å². The fourth-order valence-electron chi connectivity index (χ4n) is 2.20. The van der Waals surface area contributed by atoms with Gasteiger partial charge in [0.05, 0.1) is 6.10 Å². The summed E-state index contributed by atoms with van der Waals surface area (Å²) in [6.07, 6.45) is -0.228. The fourth-order valence-corrected chi connectivity index (χ4v) is 2.20. The van der Waals surface area contributed by atoms with Gasteiger partial charge in [0.25, 0.3) is 0 Å². The summed E-state index contributed by atoms with van der Waals surface area (Å²) in [7, 11) is 0. The van der Waals surface area contributed by atoms with Crippen LogP contribution in [0.5, 0.6) is 0 Å². The lowest BCUT2D eigenvalue weighted by atomic mass is 9.97. The van der Waals surface area contributed by atoms with Crippen molar-refractivity contribution in [2.45, 2.75) is 19.4 Å². The van der Waals surface area contributed by atoms with Crippen LogP contribution in [0, 0.1) is 5.82 Å². The molecule has 0 radical (unpaired) electrons. The second-order valence-electron chi connectivity index (χ2n) is 4.97. The maximum absolute atomic E-state index is 14.0. The van der Waals surface area contributed by atoms with Crippen LogP contribution in [-0.4, -0.2) is 17.4 Å². The number of hydrogen-bond acceptors (Lipinski definition) is 3. The lowest BCUT2D eigenvalue weighted by molar-refractivity contribution is 0.101. The van der Waals surface area contributed by atoms with E-state index in [-0.39, 0.29) is 5.78 Å². The summed E-state index contributed by atoms with van der Waals surface area (Å²) in [4.78, 5) is 11.4. The van der Waals surface area contributed by atoms with E-state index in [1.165, 1.54) is 25.1 Å². The molecule has 1 unspecified atom stereocenters. The van der Waals surface area contributed by atoms with E-state index in [0.717, 1.165) is 0 Å². The minimum absolute atomic E-state index is 0.115. The monoisotopic (exact) mass is 287 g/mol. The van der Waals surface area contributed by atoms with E-state index in [4.69, 9.17) is 5.73 Å². The van der Waals surface area contributed by atoms with Crippen molar-refractivity contribution in [3.63, 3.8) is 0 Å². The van der Waals surface area contributed by atoms with Crippen LogP contribution < -0.4 is 5.73 Å². The van der Waals surface area contributed by atoms with Gasteiger partial charge in [-0.05, 0) is 55.3 Å². The van der Waals surface area contributed by atoms with E-state index < -0.39 is 11.9 Å². The third-order valence-electron chi connectivity index (χ3n) is 3.40. The third-order valence-corrected chi connectivity index (χ3v) is 3.40. The van der Waals surface area contributed by atoms with Gasteiger partial charge in [0.2, 0.25) is 0 Å². The highest BCUT2D eigenvalue weighted by atomic mass is 19.1. The van der Waals surface area contributed by atoms with Crippen LogP contribution >= 0.6 is 0 Å². The first-order chi connectivity index (χ1) is 10.0. The van der Waals surface area contributed by atoms with E-state index >= 15 is 0 Å². The molecule has 0 aliphatic heterocycles. The number of Topliss-reactive ketones (excluding diaryl/α,β-unsaturated/α-hetero) is 1. The van der Waals surface area contributed by atoms with E-state index in [1.54, 1.807) is 24.3 Å². The van der Waals surface area contributed by atoms with Gasteiger partial charge in [-0.2, -0.15) is 0 Å². The van der Waals surface area contributed by atoms with Crippen LogP contribution in [0.1, 0.15) is 35.4 Å². The van der Waals surface area contributed by atoms with Crippen molar-refractivity contribution < 1.29 is 14.3 Å². The Hall–Kier alpha value is -2.04. The zero-order chi connectivity index (χ0) is 15.4. The molecule has 0 spiro atoms. The predicted molar refractivity (Wildman–Crippen MR) is 80.5 cm³/mol. The highest BCUT2D eigenvalue weighted by molar-refractivity contribution is 5.95. The first kappa shape index (κ1) is 15.4. The number of benzene rings is 2. The molecule has 1 atom stereocenters. The van der Waals surface area contributed by atoms with Crippen LogP contribution in [0.3, 0.4) is 0 Å². The Bertz CT molecular complexity index is 655. The Kier molecular flexibility index (Phi) is 4.83. The number of aliphatic hydroxyl groups excluding tert-OH is 1. The molecule has 2 aromatic rings. The first-order valence-corrected chi connectivity index (χ1v) is 6.82. The Morgan fingerprint density at radius 1 is 1.29 bits per heavy atom. The summed E-state index contributed by atoms with van der Waals surface area (Å²) < 4.78 is 14.0. The molecule has 0 saturated carbocycles. The second kappa shape index (κ2) is 6.61. The van der Waals surface area contributed by atoms with Crippen LogP contribution in [-0.2, 0) is 0 Å². The number of nitrogens with two attached hydrogens (primary N) is 1. The molecule has 110 valence electrons. The van der Waals surface area contributed by atoms with Crippen molar-refractivity contribution in [1.82, 2.24) is 0 Å². The molecule has 21 heavy (non-hydrogen) atoms. The Balaban J connectivity index is 2.44. The lowest BCUT2D eigenvalue weighted by Crippen LogP contribution is -2.06. The maximum Gasteiger partial charge on any atom is 0.159 e. The minimum Gasteiger partial charge on any atom is -0.388 e. The summed E-state index contributed by atoms with van der Waals surface area (Å²) in [5, 5.41) is 9.98. The second-order valence-corrected chi connectivity index (χ2v) is 4.97. The van der Waals surface area contributed by atoms with Gasteiger partial charge in [0, 0.05) is 11.1 Å². The van der Waals surface area contributed by atoms with Crippen molar-refractivity contribution >= 4 is 5.78 Å². The standard InChI is InChI=1S/C17H18FNO2/c1-11(20)12-5-6-16(18)15(10-12)13-3-2-4-14(9-13)17(21)7-8-19/h2-6,9-10,17,21H,7-8,19H2,1H3. The smallest absolute Gasteiger partial charge is 0.159 e. The van der Waals surface area contributed by atoms with E-state index in [2.05, 4.69) is 0 Å². The zero-order valence-corrected chi connectivity index (χ0v) is 11.8. The molecular weight excluding hydrogens is 269 g/mol. The summed E-state index contributed by atoms with van der Waals surface area (Å²) >= 11 is 0. The fraction of sp³-hybridized carbons (Fsp3) is 0.235. The molecule has 0 saturated heterocycles. The first-order valence-electron chi connectivity index (χ1n) is 6.82. The molecule has 3 N–H and O–H groups in total. The van der Waals surface area contributed by atoms with Crippen molar-refractivity contribution in [3.05, 3.63) is 59.4 Å². The normalized spacial score (nSPS) is 12.2. The number of carbonyl (C=O) groups is 1. The molecule has 0 bridgehead atoms. The largest absolute Gasteiger partial charge is 0.388 e. The van der Waals surface area contributed by atoms with Crippen LogP contribution in [0.2, 0.25) is 0 Å². The molecule has 0 aromatic heterocycles. The van der Waals surface area contributed by atoms with E-state index in [9.17, 15) is 14.3 Å². The summed E-state index contributed by atoms with van der Waals surface area (Å²) in [5.74, 6) is -0.513. The quantitative estimate of drug-likeness (QED) is 0.831. The molecule has 4 heteroatoms. The number of rotatable bonds is 5. The highest BCUT2D eigenvalue weighted by Crippen LogP contribution is 2.27. The number of aliphatic hydroxyl groups is 1. The third kappa shape index (κ3) is 3.54. The topological polar surface area (TPSA) is 63.3 Å². The number of ketones is 1. The number of hydrogen-bond donors (Lipinski definition) is 2. The average molecular weight is 287 g/mol. The molecule has 0 heterocycles. The maximum atomic E-state index is 14.0. The Labute approximate surface area is 123 Å². The lowest BCUT2D eigenvalue weighted by Gasteiger charge is -2.12. The van der Waals surface area contributed by atoms with Crippen molar-refractivity contribution in [2.24, 2.45) is 5.73 Å². The predicted octanol–water partition coefficient (Wildman–Crippen LogP) is 3.08. The molecule has 0 aliphatic carbocycles. The molecule has 0 fully saturated rings. The average Bonchev–Trinajstić information content (AvgIpc) is 2.48. The van der Waals surface area contributed by atoms with Crippen LogP contribution in [0.15, 0.2) is 42.5 Å². The van der Waals surface area contributed by atoms with Gasteiger partial charge in [-0.3, -0.25) is 4.79 Å². The Morgan fingerprint density at radius 3 is 2.71 bits per heavy atom. The highest BCUT2D eigenvalue weighted by Gasteiger charge is 2.11. The van der Waals surface area contributed by atoms with Gasteiger partial charge in [-0.25, -0.2) is 4.39 Å². The molecule has 3 nitrogen and oxygen atoms in total. The van der Waals surface area contributed by atoms with Crippen LogP contribution in [0.25, 0.3) is 11.1 Å². The zero-order valence-electron chi connectivity index (χ0n) is 11.8. The number of halogens is 1. The summed E-state index contributed by atoms with van der Waals surface area (Å²) in [6.45, 7) is 1.82. The van der Waals surface area contributed by atoms with Gasteiger partial charge in [0.1, 0.15) is 5.82 Å². The van der Waals surface area contributed by atoms with Crippen molar-refractivity contribution in [3.8, 4) is 11.1 Å². The minimum atomic E-state index is -0.672. The van der Waals surface area contributed by atoms with Crippen molar-refractivity contribution in [1.29, 1.82) is 0 Å². The van der Waals surface area contributed by atoms with Gasteiger partial charge < -0.3 is 10.8 Å². The summed E-state index contributed by atoms with van der Waals surface area (Å²) in [5.41, 5.74) is 7.56. The molecule has 2 aromatic carbocycles. The molecule has 0 aliphatic rings. The van der Waals surface area contributed by atoms with E-state index in [0.29, 0.717) is 35.2 Å². The van der Waals surface area contributed by atoms with Gasteiger partial charge >= 0.3 is 0 Å². The van der Waals surface area contributed by atoms with Gasteiger partial charge in [-0.15, -0.1) is 0 Å². The van der Waals surface area contributed by atoms with E-state index in [1.807, 2.05) is 0 Å². The molecule has 0 amide bonds. The number of carbonyl (C=O) groups excluding carboxylic acids is 1. The van der Waals surface area contributed by atoms with Gasteiger partial charge in [0.15, 0.2) is 5.78 Å².